The van der Waals surface area contributed by atoms with Crippen molar-refractivity contribution in [3.8, 4) is 0 Å². The fourth-order valence-corrected chi connectivity index (χ4v) is 2.55. The Labute approximate surface area is 76.4 Å². The summed E-state index contributed by atoms with van der Waals surface area (Å²) in [6.45, 7) is 2.19. The van der Waals surface area contributed by atoms with Crippen LogP contribution in [0.1, 0.15) is 26.2 Å². The van der Waals surface area contributed by atoms with E-state index in [9.17, 15) is 9.59 Å². The van der Waals surface area contributed by atoms with Crippen molar-refractivity contribution in [2.24, 2.45) is 16.6 Å². The predicted molar refractivity (Wildman–Crippen MR) is 44.5 cm³/mol. The molecule has 0 saturated heterocycles. The number of ether oxygens (including phenoxy) is 1. The Hall–Kier alpha value is -1.06. The molecular formula is C9H13NO3. The first-order valence-corrected chi connectivity index (χ1v) is 4.52. The summed E-state index contributed by atoms with van der Waals surface area (Å²) in [7, 11) is 0. The summed E-state index contributed by atoms with van der Waals surface area (Å²) in [5.41, 5.74) is 4.52. The van der Waals surface area contributed by atoms with E-state index in [1.54, 1.807) is 6.92 Å². The van der Waals surface area contributed by atoms with E-state index >= 15 is 0 Å². The first-order chi connectivity index (χ1) is 6.05. The molecule has 3 saturated carbocycles. The number of hydrogen-bond donors (Lipinski definition) is 1. The molecule has 0 unspecified atom stereocenters. The number of carbonyl (C=O) groups is 2. The maximum absolute atomic E-state index is 11.4. The SMILES string of the molecule is CCOC(=O)[C@]12C[C@](C(N)=O)(C1)C2. The topological polar surface area (TPSA) is 69.4 Å². The highest BCUT2D eigenvalue weighted by Gasteiger charge is 2.75. The van der Waals surface area contributed by atoms with Gasteiger partial charge in [0, 0.05) is 0 Å². The smallest absolute Gasteiger partial charge is 0.312 e. The lowest BCUT2D eigenvalue weighted by Gasteiger charge is -2.66. The maximum atomic E-state index is 11.4. The first kappa shape index (κ1) is 8.53. The van der Waals surface area contributed by atoms with E-state index in [1.807, 2.05) is 0 Å². The van der Waals surface area contributed by atoms with Gasteiger partial charge >= 0.3 is 5.97 Å². The lowest BCUT2D eigenvalue weighted by molar-refractivity contribution is -0.222. The molecule has 1 amide bonds. The van der Waals surface area contributed by atoms with Gasteiger partial charge in [0.15, 0.2) is 0 Å². The van der Waals surface area contributed by atoms with Crippen LogP contribution in [-0.4, -0.2) is 18.5 Å². The molecule has 4 heteroatoms. The third kappa shape index (κ3) is 0.857. The Bertz CT molecular complexity index is 265. The zero-order chi connectivity index (χ0) is 9.69. The van der Waals surface area contributed by atoms with Crippen LogP contribution in [0.15, 0.2) is 0 Å². The van der Waals surface area contributed by atoms with Gasteiger partial charge in [-0.15, -0.1) is 0 Å². The van der Waals surface area contributed by atoms with Crippen LogP contribution in [0.2, 0.25) is 0 Å². The zero-order valence-electron chi connectivity index (χ0n) is 7.63. The highest BCUT2D eigenvalue weighted by molar-refractivity contribution is 5.92. The monoisotopic (exact) mass is 183 g/mol. The molecule has 0 aromatic rings. The van der Waals surface area contributed by atoms with Crippen molar-refractivity contribution in [3.63, 3.8) is 0 Å². The van der Waals surface area contributed by atoms with E-state index in [-0.39, 0.29) is 22.7 Å². The third-order valence-electron chi connectivity index (χ3n) is 3.26. The Kier molecular flexibility index (Phi) is 1.47. The van der Waals surface area contributed by atoms with Crippen LogP contribution in [0.3, 0.4) is 0 Å². The maximum Gasteiger partial charge on any atom is 0.312 e. The van der Waals surface area contributed by atoms with Crippen LogP contribution in [0, 0.1) is 10.8 Å². The Balaban J connectivity index is 1.96. The van der Waals surface area contributed by atoms with Gasteiger partial charge in [0.25, 0.3) is 0 Å². The minimum absolute atomic E-state index is 0.155. The number of primary amides is 1. The second-order valence-electron chi connectivity index (χ2n) is 4.18. The predicted octanol–water partition coefficient (Wildman–Crippen LogP) is 0.205. The van der Waals surface area contributed by atoms with Crippen LogP contribution in [0.5, 0.6) is 0 Å². The molecule has 2 bridgehead atoms. The van der Waals surface area contributed by atoms with E-state index in [0.29, 0.717) is 25.9 Å². The lowest BCUT2D eigenvalue weighted by atomic mass is 9.35. The number of nitrogens with two attached hydrogens (primary N) is 1. The second-order valence-corrected chi connectivity index (χ2v) is 4.18. The highest BCUT2D eigenvalue weighted by atomic mass is 16.5. The summed E-state index contributed by atoms with van der Waals surface area (Å²) in [6, 6.07) is 0. The van der Waals surface area contributed by atoms with E-state index in [1.165, 1.54) is 0 Å². The van der Waals surface area contributed by atoms with Crippen LogP contribution >= 0.6 is 0 Å². The van der Waals surface area contributed by atoms with Crippen molar-refractivity contribution >= 4 is 11.9 Å². The van der Waals surface area contributed by atoms with Gasteiger partial charge in [0.1, 0.15) is 0 Å². The van der Waals surface area contributed by atoms with Crippen molar-refractivity contribution in [1.29, 1.82) is 0 Å². The number of hydrogen-bond acceptors (Lipinski definition) is 3. The van der Waals surface area contributed by atoms with E-state index in [0.717, 1.165) is 0 Å². The molecule has 3 fully saturated rings. The Morgan fingerprint density at radius 2 is 1.85 bits per heavy atom. The van der Waals surface area contributed by atoms with Crippen molar-refractivity contribution in [1.82, 2.24) is 0 Å². The largest absolute Gasteiger partial charge is 0.466 e. The first-order valence-electron chi connectivity index (χ1n) is 4.52. The number of esters is 1. The molecule has 0 spiro atoms. The quantitative estimate of drug-likeness (QED) is 0.635. The van der Waals surface area contributed by atoms with Crippen molar-refractivity contribution < 1.29 is 14.3 Å². The number of carbonyl (C=O) groups excluding carboxylic acids is 2. The van der Waals surface area contributed by atoms with Gasteiger partial charge in [0.05, 0.1) is 17.4 Å². The average molecular weight is 183 g/mol. The summed E-state index contributed by atoms with van der Waals surface area (Å²) in [5, 5.41) is 0. The van der Waals surface area contributed by atoms with Gasteiger partial charge in [-0.1, -0.05) is 0 Å². The minimum Gasteiger partial charge on any atom is -0.466 e. The summed E-state index contributed by atoms with van der Waals surface area (Å²) in [6.07, 6.45) is 1.82. The third-order valence-corrected chi connectivity index (χ3v) is 3.26. The molecule has 3 aliphatic carbocycles. The van der Waals surface area contributed by atoms with Crippen molar-refractivity contribution in [2.45, 2.75) is 26.2 Å². The molecule has 0 heterocycles. The molecule has 3 aliphatic rings. The summed E-state index contributed by atoms with van der Waals surface area (Å²) in [4.78, 5) is 22.3. The average Bonchev–Trinajstić information content (AvgIpc) is 1.79. The molecular weight excluding hydrogens is 170 g/mol. The van der Waals surface area contributed by atoms with Crippen molar-refractivity contribution in [3.05, 3.63) is 0 Å². The summed E-state index contributed by atoms with van der Waals surface area (Å²) >= 11 is 0. The van der Waals surface area contributed by atoms with Gasteiger partial charge in [-0.3, -0.25) is 9.59 Å². The highest BCUT2D eigenvalue weighted by Crippen LogP contribution is 2.73. The molecule has 13 heavy (non-hydrogen) atoms. The van der Waals surface area contributed by atoms with Crippen LogP contribution in [-0.2, 0) is 14.3 Å². The molecule has 0 aromatic carbocycles. The molecule has 0 aliphatic heterocycles. The van der Waals surface area contributed by atoms with E-state index in [2.05, 4.69) is 0 Å². The lowest BCUT2D eigenvalue weighted by Crippen LogP contribution is -2.70. The minimum atomic E-state index is -0.354. The van der Waals surface area contributed by atoms with Gasteiger partial charge in [0.2, 0.25) is 5.91 Å². The molecule has 2 N–H and O–H groups in total. The van der Waals surface area contributed by atoms with E-state index < -0.39 is 0 Å². The van der Waals surface area contributed by atoms with Crippen LogP contribution < -0.4 is 5.73 Å². The second kappa shape index (κ2) is 2.25. The van der Waals surface area contributed by atoms with Crippen LogP contribution in [0.4, 0.5) is 0 Å². The standard InChI is InChI=1S/C9H13NO3/c1-2-13-7(12)9-3-8(4-9,5-9)6(10)11/h2-5H2,1H3,(H2,10,11)/t8-,9+. The van der Waals surface area contributed by atoms with Gasteiger partial charge in [-0.2, -0.15) is 0 Å². The molecule has 3 rings (SSSR count). The molecule has 0 atom stereocenters. The Morgan fingerprint density at radius 3 is 2.23 bits per heavy atom. The number of amides is 1. The van der Waals surface area contributed by atoms with Crippen molar-refractivity contribution in [2.75, 3.05) is 6.61 Å². The normalized spacial score (nSPS) is 40.1. The van der Waals surface area contributed by atoms with Crippen LogP contribution in [0.25, 0.3) is 0 Å². The number of rotatable bonds is 3. The fraction of sp³-hybridized carbons (Fsp3) is 0.778. The Morgan fingerprint density at radius 1 is 1.31 bits per heavy atom. The molecule has 0 aromatic heterocycles. The van der Waals surface area contributed by atoms with Gasteiger partial charge in [-0.25, -0.2) is 0 Å². The molecule has 72 valence electrons. The molecule has 0 radical (unpaired) electrons. The van der Waals surface area contributed by atoms with Gasteiger partial charge in [-0.05, 0) is 26.2 Å². The fourth-order valence-electron chi connectivity index (χ4n) is 2.55. The van der Waals surface area contributed by atoms with Gasteiger partial charge < -0.3 is 10.5 Å². The zero-order valence-corrected chi connectivity index (χ0v) is 7.63. The molecule has 4 nitrogen and oxygen atoms in total. The summed E-state index contributed by atoms with van der Waals surface area (Å²) in [5.74, 6) is -0.420. The van der Waals surface area contributed by atoms with E-state index in [4.69, 9.17) is 10.5 Å². The summed E-state index contributed by atoms with van der Waals surface area (Å²) < 4.78 is 4.92.